The molecule has 0 bridgehead atoms. The number of likely N-dealkylation sites (tertiary alicyclic amines) is 1. The zero-order valence-electron chi connectivity index (χ0n) is 22.6. The molecule has 0 saturated carbocycles. The van der Waals surface area contributed by atoms with Crippen molar-refractivity contribution in [2.75, 3.05) is 45.2 Å². The van der Waals surface area contributed by atoms with Gasteiger partial charge in [0.15, 0.2) is 0 Å². The van der Waals surface area contributed by atoms with Crippen molar-refractivity contribution < 1.29 is 27.9 Å². The largest absolute Gasteiger partial charge is 0.465 e. The number of esters is 1. The van der Waals surface area contributed by atoms with Crippen LogP contribution in [-0.4, -0.2) is 67.4 Å². The van der Waals surface area contributed by atoms with Crippen LogP contribution in [0.3, 0.4) is 0 Å². The van der Waals surface area contributed by atoms with E-state index in [1.165, 1.54) is 13.2 Å². The molecule has 0 aromatic heterocycles. The fraction of sp³-hybridized carbons (Fsp3) is 0.433. The third-order valence-corrected chi connectivity index (χ3v) is 7.43. The fourth-order valence-electron chi connectivity index (χ4n) is 5.24. The van der Waals surface area contributed by atoms with E-state index in [-0.39, 0.29) is 35.8 Å². The van der Waals surface area contributed by atoms with Crippen LogP contribution in [-0.2, 0) is 20.2 Å². The van der Waals surface area contributed by atoms with Crippen molar-refractivity contribution >= 4 is 29.0 Å². The van der Waals surface area contributed by atoms with E-state index in [0.29, 0.717) is 62.3 Å². The van der Waals surface area contributed by atoms with Crippen molar-refractivity contribution in [3.8, 4) is 0 Å². The van der Waals surface area contributed by atoms with Gasteiger partial charge in [0.2, 0.25) is 11.8 Å². The number of carbonyl (C=O) groups excluding carboxylic acids is 3. The van der Waals surface area contributed by atoms with Crippen LogP contribution >= 0.6 is 0 Å². The van der Waals surface area contributed by atoms with Crippen LogP contribution in [0.5, 0.6) is 0 Å². The summed E-state index contributed by atoms with van der Waals surface area (Å²) >= 11 is 0. The molecule has 2 aliphatic heterocycles. The maximum atomic E-state index is 13.9. The first kappa shape index (κ1) is 28.4. The van der Waals surface area contributed by atoms with Gasteiger partial charge < -0.3 is 15.0 Å². The van der Waals surface area contributed by atoms with Crippen LogP contribution < -0.4 is 5.32 Å². The second-order valence-electron chi connectivity index (χ2n) is 10.3. The lowest BCUT2D eigenvalue weighted by molar-refractivity contribution is -0.132. The number of rotatable bonds is 7. The molecule has 7 nitrogen and oxygen atoms in total. The quantitative estimate of drug-likeness (QED) is 0.509. The molecule has 208 valence electrons. The molecule has 2 amide bonds. The summed E-state index contributed by atoms with van der Waals surface area (Å²) in [6.45, 7) is 4.93. The minimum atomic E-state index is -2.99. The number of benzene rings is 2. The highest BCUT2D eigenvalue weighted by Crippen LogP contribution is 2.32. The van der Waals surface area contributed by atoms with Gasteiger partial charge in [-0.3, -0.25) is 14.5 Å². The molecule has 2 aliphatic rings. The smallest absolute Gasteiger partial charge is 0.337 e. The zero-order chi connectivity index (χ0) is 28.2. The van der Waals surface area contributed by atoms with Gasteiger partial charge in [-0.15, -0.1) is 0 Å². The molecule has 2 aromatic carbocycles. The molecule has 1 atom stereocenters. The Bertz CT molecular complexity index is 1270. The zero-order valence-corrected chi connectivity index (χ0v) is 22.6. The van der Waals surface area contributed by atoms with E-state index in [2.05, 4.69) is 11.4 Å². The topological polar surface area (TPSA) is 79.0 Å². The first-order valence-corrected chi connectivity index (χ1v) is 13.2. The van der Waals surface area contributed by atoms with Gasteiger partial charge in [-0.05, 0) is 73.7 Å². The third-order valence-electron chi connectivity index (χ3n) is 7.43. The lowest BCUT2D eigenvalue weighted by atomic mass is 10.00. The van der Waals surface area contributed by atoms with Gasteiger partial charge in [0.1, 0.15) is 0 Å². The van der Waals surface area contributed by atoms with E-state index in [1.807, 2.05) is 28.0 Å². The van der Waals surface area contributed by atoms with E-state index in [4.69, 9.17) is 4.74 Å². The highest BCUT2D eigenvalue weighted by molar-refractivity contribution is 5.93. The molecule has 0 spiro atoms. The predicted molar refractivity (Wildman–Crippen MR) is 145 cm³/mol. The summed E-state index contributed by atoms with van der Waals surface area (Å²) in [6, 6.07) is 11.9. The SMILES string of the molecule is COC(=O)c1cccc(C2=CCCN(C(=O)CN3CCC(C(=O)Nc4ccc(C)c(C(C)(F)F)c4)C3)CC2)c1. The van der Waals surface area contributed by atoms with Gasteiger partial charge >= 0.3 is 5.97 Å². The molecular weight excluding hydrogens is 504 g/mol. The Morgan fingerprint density at radius 3 is 2.64 bits per heavy atom. The summed E-state index contributed by atoms with van der Waals surface area (Å²) in [7, 11) is 1.36. The van der Waals surface area contributed by atoms with E-state index in [9.17, 15) is 23.2 Å². The van der Waals surface area contributed by atoms with Gasteiger partial charge in [-0.1, -0.05) is 24.3 Å². The summed E-state index contributed by atoms with van der Waals surface area (Å²) in [5, 5.41) is 2.77. The molecule has 0 radical (unpaired) electrons. The van der Waals surface area contributed by atoms with Crippen LogP contribution in [0.1, 0.15) is 53.2 Å². The van der Waals surface area contributed by atoms with Crippen LogP contribution in [0, 0.1) is 12.8 Å². The van der Waals surface area contributed by atoms with Crippen LogP contribution in [0.2, 0.25) is 0 Å². The number of ether oxygens (including phenoxy) is 1. The van der Waals surface area contributed by atoms with Gasteiger partial charge in [0.05, 0.1) is 25.1 Å². The average molecular weight is 540 g/mol. The number of methoxy groups -OCH3 is 1. The van der Waals surface area contributed by atoms with Crippen molar-refractivity contribution in [2.45, 2.75) is 39.0 Å². The Balaban J connectivity index is 1.28. The number of aryl methyl sites for hydroxylation is 1. The molecule has 2 aromatic rings. The van der Waals surface area contributed by atoms with Crippen molar-refractivity contribution in [1.29, 1.82) is 0 Å². The summed E-state index contributed by atoms with van der Waals surface area (Å²) < 4.78 is 32.6. The number of hydrogen-bond acceptors (Lipinski definition) is 5. The van der Waals surface area contributed by atoms with Gasteiger partial charge in [-0.2, -0.15) is 0 Å². The number of nitrogens with zero attached hydrogens (tertiary/aromatic N) is 2. The van der Waals surface area contributed by atoms with E-state index < -0.39 is 5.92 Å². The van der Waals surface area contributed by atoms with Crippen molar-refractivity contribution in [2.24, 2.45) is 5.92 Å². The lowest BCUT2D eigenvalue weighted by Gasteiger charge is -2.24. The third kappa shape index (κ3) is 7.09. The highest BCUT2D eigenvalue weighted by Gasteiger charge is 2.31. The lowest BCUT2D eigenvalue weighted by Crippen LogP contribution is -2.40. The van der Waals surface area contributed by atoms with Crippen LogP contribution in [0.15, 0.2) is 48.5 Å². The summed E-state index contributed by atoms with van der Waals surface area (Å²) in [4.78, 5) is 41.6. The summed E-state index contributed by atoms with van der Waals surface area (Å²) in [5.74, 6) is -3.90. The average Bonchev–Trinajstić information content (AvgIpc) is 3.23. The molecule has 1 N–H and O–H groups in total. The second-order valence-corrected chi connectivity index (χ2v) is 10.3. The first-order valence-electron chi connectivity index (χ1n) is 13.2. The molecule has 9 heteroatoms. The number of hydrogen-bond donors (Lipinski definition) is 1. The van der Waals surface area contributed by atoms with Crippen molar-refractivity contribution in [3.05, 3.63) is 70.8 Å². The molecule has 1 fully saturated rings. The van der Waals surface area contributed by atoms with Crippen molar-refractivity contribution in [1.82, 2.24) is 9.80 Å². The Kier molecular flexibility index (Phi) is 8.80. The summed E-state index contributed by atoms with van der Waals surface area (Å²) in [5.41, 5.74) is 3.24. The molecule has 4 rings (SSSR count). The predicted octanol–water partition coefficient (Wildman–Crippen LogP) is 4.86. The van der Waals surface area contributed by atoms with Crippen LogP contribution in [0.4, 0.5) is 14.5 Å². The normalized spacial score (nSPS) is 18.3. The van der Waals surface area contributed by atoms with E-state index in [1.54, 1.807) is 25.1 Å². The monoisotopic (exact) mass is 539 g/mol. The maximum absolute atomic E-state index is 13.9. The summed E-state index contributed by atoms with van der Waals surface area (Å²) in [6.07, 6.45) is 4.11. The molecule has 39 heavy (non-hydrogen) atoms. The fourth-order valence-corrected chi connectivity index (χ4v) is 5.24. The number of halogens is 2. The number of alkyl halides is 2. The van der Waals surface area contributed by atoms with Crippen LogP contribution in [0.25, 0.3) is 5.57 Å². The minimum absolute atomic E-state index is 0.0161. The van der Waals surface area contributed by atoms with Gasteiger partial charge in [-0.25, -0.2) is 13.6 Å². The van der Waals surface area contributed by atoms with Gasteiger partial charge in [0, 0.05) is 37.8 Å². The standard InChI is InChI=1S/C30H35F2N3O4/c1-20-9-10-25(17-26(20)30(2,31)32)33-28(37)24-11-14-34(18-24)19-27(36)35-13-5-8-21(12-15-35)22-6-4-7-23(16-22)29(38)39-3/h4,6-10,16-17,24H,5,11-15,18-19H2,1-3H3,(H,33,37). The Morgan fingerprint density at radius 1 is 1.10 bits per heavy atom. The number of nitrogens with one attached hydrogen (secondary N) is 1. The molecule has 1 saturated heterocycles. The van der Waals surface area contributed by atoms with Gasteiger partial charge in [0.25, 0.3) is 5.92 Å². The first-order chi connectivity index (χ1) is 18.5. The van der Waals surface area contributed by atoms with E-state index >= 15 is 0 Å². The number of carbonyl (C=O) groups is 3. The second kappa shape index (κ2) is 12.1. The Morgan fingerprint density at radius 2 is 1.90 bits per heavy atom. The Labute approximate surface area is 227 Å². The Hall–Kier alpha value is -3.59. The van der Waals surface area contributed by atoms with E-state index in [0.717, 1.165) is 18.1 Å². The molecule has 1 unspecified atom stereocenters. The molecular formula is C30H35F2N3O4. The number of anilines is 1. The van der Waals surface area contributed by atoms with Crippen molar-refractivity contribution in [3.63, 3.8) is 0 Å². The minimum Gasteiger partial charge on any atom is -0.465 e. The molecule has 2 heterocycles. The highest BCUT2D eigenvalue weighted by atomic mass is 19.3. The number of amides is 2. The molecule has 0 aliphatic carbocycles. The maximum Gasteiger partial charge on any atom is 0.337 e.